The van der Waals surface area contributed by atoms with Crippen molar-refractivity contribution in [1.82, 2.24) is 5.16 Å². The van der Waals surface area contributed by atoms with Crippen molar-refractivity contribution in [3.8, 4) is 5.75 Å². The van der Waals surface area contributed by atoms with Gasteiger partial charge in [0.2, 0.25) is 0 Å². The summed E-state index contributed by atoms with van der Waals surface area (Å²) in [6.45, 7) is 0. The summed E-state index contributed by atoms with van der Waals surface area (Å²) in [5.41, 5.74) is -0.448. The molecule has 1 N–H and O–H groups in total. The summed E-state index contributed by atoms with van der Waals surface area (Å²) in [5, 5.41) is 11.9. The van der Waals surface area contributed by atoms with Crippen LogP contribution in [0.4, 0.5) is 4.39 Å². The zero-order valence-electron chi connectivity index (χ0n) is 8.79. The Morgan fingerprint density at radius 1 is 1.33 bits per heavy atom. The number of aromatic nitrogens is 1. The van der Waals surface area contributed by atoms with Gasteiger partial charge in [-0.05, 0) is 12.1 Å². The van der Waals surface area contributed by atoms with Crippen LogP contribution >= 0.6 is 0 Å². The zero-order valence-corrected chi connectivity index (χ0v) is 8.79. The van der Waals surface area contributed by atoms with E-state index in [1.807, 2.05) is 0 Å². The molecule has 0 radical (unpaired) electrons. The molecule has 0 saturated heterocycles. The number of para-hydroxylation sites is 1. The average molecular weight is 251 g/mol. The quantitative estimate of drug-likeness (QED) is 0.660. The normalized spacial score (nSPS) is 10.1. The highest BCUT2D eigenvalue weighted by Crippen LogP contribution is 2.18. The minimum Gasteiger partial charge on any atom is -0.477 e. The lowest BCUT2D eigenvalue weighted by Gasteiger charge is -2.02. The smallest absolute Gasteiger partial charge is 0.383 e. The van der Waals surface area contributed by atoms with Crippen molar-refractivity contribution in [2.45, 2.75) is 0 Å². The first-order valence-corrected chi connectivity index (χ1v) is 4.74. The Bertz CT molecular complexity index is 607. The van der Waals surface area contributed by atoms with Crippen molar-refractivity contribution < 1.29 is 28.3 Å². The molecular weight excluding hydrogens is 245 g/mol. The maximum atomic E-state index is 13.2. The summed E-state index contributed by atoms with van der Waals surface area (Å²) >= 11 is 0. The Hall–Kier alpha value is -2.70. The predicted molar refractivity (Wildman–Crippen MR) is 54.8 cm³/mol. The summed E-state index contributed by atoms with van der Waals surface area (Å²) in [5.74, 6) is -4.19. The number of esters is 1. The van der Waals surface area contributed by atoms with Crippen molar-refractivity contribution in [3.63, 3.8) is 0 Å². The van der Waals surface area contributed by atoms with Gasteiger partial charge in [0.15, 0.2) is 11.6 Å². The van der Waals surface area contributed by atoms with Crippen molar-refractivity contribution in [3.05, 3.63) is 47.6 Å². The molecule has 0 bridgehead atoms. The van der Waals surface area contributed by atoms with Gasteiger partial charge in [-0.15, -0.1) is 0 Å². The van der Waals surface area contributed by atoms with E-state index in [1.165, 1.54) is 18.2 Å². The lowest BCUT2D eigenvalue weighted by molar-refractivity contribution is 0.0640. The van der Waals surface area contributed by atoms with E-state index in [4.69, 9.17) is 5.11 Å². The molecule has 0 spiro atoms. The standard InChI is InChI=1S/C11H6FNO5/c12-7-3-1-2-4-8(7)17-11(16)9-6(10(14)15)5-13-18-9/h1-5H,(H,14,15). The number of carboxylic acids is 1. The number of hydrogen-bond acceptors (Lipinski definition) is 5. The molecule has 1 aromatic carbocycles. The number of ether oxygens (including phenoxy) is 1. The van der Waals surface area contributed by atoms with E-state index in [0.29, 0.717) is 0 Å². The fraction of sp³-hybridized carbons (Fsp3) is 0. The Labute approximate surface area is 99.6 Å². The zero-order chi connectivity index (χ0) is 13.1. The maximum Gasteiger partial charge on any atom is 0.383 e. The predicted octanol–water partition coefficient (Wildman–Crippen LogP) is 1.73. The minimum atomic E-state index is -1.39. The second-order valence-corrected chi connectivity index (χ2v) is 3.19. The molecule has 18 heavy (non-hydrogen) atoms. The highest BCUT2D eigenvalue weighted by Gasteiger charge is 2.24. The number of halogens is 1. The summed E-state index contributed by atoms with van der Waals surface area (Å²) in [7, 11) is 0. The van der Waals surface area contributed by atoms with Gasteiger partial charge in [0.05, 0.1) is 6.20 Å². The summed E-state index contributed by atoms with van der Waals surface area (Å²) in [6, 6.07) is 5.21. The molecule has 0 aliphatic heterocycles. The Kier molecular flexibility index (Phi) is 3.05. The van der Waals surface area contributed by atoms with Crippen molar-refractivity contribution in [2.75, 3.05) is 0 Å². The van der Waals surface area contributed by atoms with Crippen molar-refractivity contribution in [2.24, 2.45) is 0 Å². The topological polar surface area (TPSA) is 89.6 Å². The molecule has 1 heterocycles. The third kappa shape index (κ3) is 2.19. The van der Waals surface area contributed by atoms with Gasteiger partial charge in [0.1, 0.15) is 5.56 Å². The van der Waals surface area contributed by atoms with E-state index in [-0.39, 0.29) is 5.75 Å². The van der Waals surface area contributed by atoms with Gasteiger partial charge >= 0.3 is 11.9 Å². The Morgan fingerprint density at radius 2 is 2.06 bits per heavy atom. The lowest BCUT2D eigenvalue weighted by atomic mass is 10.2. The SMILES string of the molecule is O=C(O)c1cnoc1C(=O)Oc1ccccc1F. The number of benzene rings is 1. The third-order valence-electron chi connectivity index (χ3n) is 2.03. The summed E-state index contributed by atoms with van der Waals surface area (Å²) < 4.78 is 22.4. The van der Waals surface area contributed by atoms with Crippen LogP contribution in [0.25, 0.3) is 0 Å². The Morgan fingerprint density at radius 3 is 2.72 bits per heavy atom. The molecule has 0 atom stereocenters. The maximum absolute atomic E-state index is 13.2. The first-order chi connectivity index (χ1) is 8.59. The van der Waals surface area contributed by atoms with Gasteiger partial charge in [-0.25, -0.2) is 14.0 Å². The molecule has 0 aliphatic carbocycles. The number of carbonyl (C=O) groups excluding carboxylic acids is 1. The number of rotatable bonds is 3. The molecule has 6 nitrogen and oxygen atoms in total. The molecule has 0 fully saturated rings. The second kappa shape index (κ2) is 4.66. The van der Waals surface area contributed by atoms with E-state index in [1.54, 1.807) is 0 Å². The molecule has 2 aromatic rings. The van der Waals surface area contributed by atoms with Crippen LogP contribution in [0.2, 0.25) is 0 Å². The second-order valence-electron chi connectivity index (χ2n) is 3.19. The summed E-state index contributed by atoms with van der Waals surface area (Å²) in [4.78, 5) is 22.3. The average Bonchev–Trinajstić information content (AvgIpc) is 2.81. The van der Waals surface area contributed by atoms with Gasteiger partial charge in [-0.2, -0.15) is 0 Å². The molecule has 0 aliphatic rings. The van der Waals surface area contributed by atoms with Crippen LogP contribution in [0.3, 0.4) is 0 Å². The molecule has 92 valence electrons. The van der Waals surface area contributed by atoms with Crippen LogP contribution in [0, 0.1) is 5.82 Å². The van der Waals surface area contributed by atoms with Crippen molar-refractivity contribution in [1.29, 1.82) is 0 Å². The van der Waals surface area contributed by atoms with Gasteiger partial charge < -0.3 is 14.4 Å². The van der Waals surface area contributed by atoms with Gasteiger partial charge in [0.25, 0.3) is 5.76 Å². The highest BCUT2D eigenvalue weighted by atomic mass is 19.1. The third-order valence-corrected chi connectivity index (χ3v) is 2.03. The number of carboxylic acid groups (broad SMARTS) is 1. The summed E-state index contributed by atoms with van der Waals surface area (Å²) in [6.07, 6.45) is 0.861. The monoisotopic (exact) mass is 251 g/mol. The number of aromatic carboxylic acids is 1. The first-order valence-electron chi connectivity index (χ1n) is 4.74. The van der Waals surface area contributed by atoms with E-state index in [2.05, 4.69) is 14.4 Å². The molecule has 0 unspecified atom stereocenters. The van der Waals surface area contributed by atoms with Crippen LogP contribution in [-0.4, -0.2) is 22.2 Å². The first kappa shape index (κ1) is 11.8. The Balaban J connectivity index is 2.25. The molecule has 0 saturated carbocycles. The fourth-order valence-corrected chi connectivity index (χ4v) is 1.21. The molecular formula is C11H6FNO5. The van der Waals surface area contributed by atoms with Gasteiger partial charge in [-0.1, -0.05) is 17.3 Å². The fourth-order valence-electron chi connectivity index (χ4n) is 1.21. The van der Waals surface area contributed by atoms with Crippen LogP contribution < -0.4 is 4.74 Å². The van der Waals surface area contributed by atoms with Crippen molar-refractivity contribution >= 4 is 11.9 Å². The minimum absolute atomic E-state index is 0.324. The van der Waals surface area contributed by atoms with Gasteiger partial charge in [0, 0.05) is 0 Å². The molecule has 2 rings (SSSR count). The van der Waals surface area contributed by atoms with Crippen LogP contribution in [-0.2, 0) is 0 Å². The molecule has 1 aromatic heterocycles. The van der Waals surface area contributed by atoms with Crippen LogP contribution in [0.5, 0.6) is 5.75 Å². The number of carbonyl (C=O) groups is 2. The van der Waals surface area contributed by atoms with Crippen LogP contribution in [0.1, 0.15) is 20.9 Å². The number of nitrogens with zero attached hydrogens (tertiary/aromatic N) is 1. The largest absolute Gasteiger partial charge is 0.477 e. The highest BCUT2D eigenvalue weighted by molar-refractivity contribution is 6.00. The van der Waals surface area contributed by atoms with E-state index < -0.39 is 29.1 Å². The molecule has 0 amide bonds. The lowest BCUT2D eigenvalue weighted by Crippen LogP contribution is -2.12. The number of hydrogen-bond donors (Lipinski definition) is 1. The van der Waals surface area contributed by atoms with E-state index >= 15 is 0 Å². The van der Waals surface area contributed by atoms with E-state index in [9.17, 15) is 14.0 Å². The van der Waals surface area contributed by atoms with Crippen LogP contribution in [0.15, 0.2) is 35.0 Å². The molecule has 7 heteroatoms. The van der Waals surface area contributed by atoms with Gasteiger partial charge in [-0.3, -0.25) is 0 Å². The van der Waals surface area contributed by atoms with E-state index in [0.717, 1.165) is 12.3 Å².